The fraction of sp³-hybridized carbons (Fsp3) is 0.692. The molecule has 0 saturated heterocycles. The smallest absolute Gasteiger partial charge is 0.0807 e. The van der Waals surface area contributed by atoms with Crippen LogP contribution < -0.4 is 0 Å². The molecule has 3 heteroatoms. The summed E-state index contributed by atoms with van der Waals surface area (Å²) in [6.07, 6.45) is 5.06. The maximum absolute atomic E-state index is 9.87. The Bertz CT molecular complexity index is 346. The highest BCUT2D eigenvalue weighted by Gasteiger charge is 2.20. The van der Waals surface area contributed by atoms with E-state index in [1.165, 1.54) is 5.69 Å². The lowest BCUT2D eigenvalue weighted by molar-refractivity contribution is 0.155. The minimum Gasteiger partial charge on any atom is -0.388 e. The van der Waals surface area contributed by atoms with Crippen LogP contribution in [0.25, 0.3) is 0 Å². The first-order valence-corrected chi connectivity index (χ1v) is 6.27. The van der Waals surface area contributed by atoms with Crippen molar-refractivity contribution in [2.24, 2.45) is 0 Å². The number of hydrogen-bond acceptors (Lipinski definition) is 2. The summed E-state index contributed by atoms with van der Waals surface area (Å²) in [7, 11) is 2.14. The molecule has 1 aromatic heterocycles. The number of nitrogens with zero attached hydrogens (tertiary/aromatic N) is 2. The van der Waals surface area contributed by atoms with Gasteiger partial charge < -0.3 is 14.6 Å². The molecule has 1 unspecified atom stereocenters. The predicted octanol–water partition coefficient (Wildman–Crippen LogP) is 1.81. The van der Waals surface area contributed by atoms with Crippen molar-refractivity contribution in [1.29, 1.82) is 0 Å². The molecule has 0 aliphatic heterocycles. The van der Waals surface area contributed by atoms with Crippen molar-refractivity contribution in [3.8, 4) is 0 Å². The van der Waals surface area contributed by atoms with Gasteiger partial charge in [-0.3, -0.25) is 0 Å². The zero-order chi connectivity index (χ0) is 11.5. The van der Waals surface area contributed by atoms with Gasteiger partial charge in [0.25, 0.3) is 0 Å². The third-order valence-electron chi connectivity index (χ3n) is 3.63. The van der Waals surface area contributed by atoms with Gasteiger partial charge >= 0.3 is 0 Å². The van der Waals surface area contributed by atoms with Gasteiger partial charge in [0.2, 0.25) is 0 Å². The molecule has 16 heavy (non-hydrogen) atoms. The van der Waals surface area contributed by atoms with E-state index >= 15 is 0 Å². The molecule has 2 rings (SSSR count). The normalized spacial score (nSPS) is 20.1. The average molecular weight is 222 g/mol. The van der Waals surface area contributed by atoms with E-state index in [-0.39, 0.29) is 6.10 Å². The van der Waals surface area contributed by atoms with Gasteiger partial charge in [-0.2, -0.15) is 0 Å². The number of aromatic nitrogens is 1. The summed E-state index contributed by atoms with van der Waals surface area (Å²) in [6, 6.07) is 2.09. The van der Waals surface area contributed by atoms with Crippen LogP contribution in [0.5, 0.6) is 0 Å². The van der Waals surface area contributed by atoms with Gasteiger partial charge in [-0.15, -0.1) is 0 Å². The van der Waals surface area contributed by atoms with Crippen molar-refractivity contribution in [3.05, 3.63) is 23.5 Å². The Balaban J connectivity index is 2.05. The molecule has 0 fully saturated rings. The van der Waals surface area contributed by atoms with Gasteiger partial charge in [0.15, 0.2) is 0 Å². The Hall–Kier alpha value is -0.800. The van der Waals surface area contributed by atoms with Crippen molar-refractivity contribution in [2.75, 3.05) is 20.1 Å². The lowest BCUT2D eigenvalue weighted by atomic mass is 9.95. The average Bonchev–Trinajstić information content (AvgIpc) is 2.70. The van der Waals surface area contributed by atoms with Crippen LogP contribution in [0.4, 0.5) is 0 Å². The second-order valence-corrected chi connectivity index (χ2v) is 4.72. The molecule has 1 aliphatic rings. The van der Waals surface area contributed by atoms with Crippen molar-refractivity contribution in [1.82, 2.24) is 9.47 Å². The van der Waals surface area contributed by atoms with Gasteiger partial charge in [0, 0.05) is 30.5 Å². The monoisotopic (exact) mass is 222 g/mol. The molecule has 1 aromatic rings. The number of aliphatic hydroxyl groups is 1. The standard InChI is InChI=1S/C13H22N2O/c1-3-14(2)9-10-15-8-7-11-12(15)5-4-6-13(11)16/h7-8,13,16H,3-6,9-10H2,1-2H3. The van der Waals surface area contributed by atoms with Gasteiger partial charge in [0.05, 0.1) is 6.10 Å². The van der Waals surface area contributed by atoms with E-state index in [2.05, 4.69) is 35.7 Å². The first kappa shape index (κ1) is 11.7. The summed E-state index contributed by atoms with van der Waals surface area (Å²) < 4.78 is 2.31. The highest BCUT2D eigenvalue weighted by molar-refractivity contribution is 5.27. The Morgan fingerprint density at radius 1 is 1.56 bits per heavy atom. The number of aliphatic hydroxyl groups excluding tert-OH is 1. The molecule has 1 atom stereocenters. The molecule has 1 N–H and O–H groups in total. The second kappa shape index (κ2) is 5.02. The first-order chi connectivity index (χ1) is 7.72. The lowest BCUT2D eigenvalue weighted by Crippen LogP contribution is -2.23. The Labute approximate surface area is 97.7 Å². The number of rotatable bonds is 4. The summed E-state index contributed by atoms with van der Waals surface area (Å²) in [5, 5.41) is 9.87. The van der Waals surface area contributed by atoms with E-state index in [4.69, 9.17) is 0 Å². The fourth-order valence-corrected chi connectivity index (χ4v) is 2.38. The SMILES string of the molecule is CCN(C)CCn1ccc2c1CCCC2O. The minimum absolute atomic E-state index is 0.228. The topological polar surface area (TPSA) is 28.4 Å². The quantitative estimate of drug-likeness (QED) is 0.841. The highest BCUT2D eigenvalue weighted by Crippen LogP contribution is 2.30. The summed E-state index contributed by atoms with van der Waals surface area (Å²) in [6.45, 7) is 5.38. The van der Waals surface area contributed by atoms with Crippen molar-refractivity contribution < 1.29 is 5.11 Å². The Kier molecular flexibility index (Phi) is 3.66. The van der Waals surface area contributed by atoms with Crippen molar-refractivity contribution in [2.45, 2.75) is 38.8 Å². The first-order valence-electron chi connectivity index (χ1n) is 6.27. The van der Waals surface area contributed by atoms with Crippen LogP contribution in [0.2, 0.25) is 0 Å². The van der Waals surface area contributed by atoms with Crippen LogP contribution in [-0.2, 0) is 13.0 Å². The molecule has 0 amide bonds. The van der Waals surface area contributed by atoms with Crippen LogP contribution >= 0.6 is 0 Å². The van der Waals surface area contributed by atoms with E-state index in [1.54, 1.807) is 0 Å². The summed E-state index contributed by atoms with van der Waals surface area (Å²) in [5.41, 5.74) is 2.51. The summed E-state index contributed by atoms with van der Waals surface area (Å²) in [5.74, 6) is 0. The zero-order valence-corrected chi connectivity index (χ0v) is 10.3. The molecule has 1 heterocycles. The molecule has 0 radical (unpaired) electrons. The summed E-state index contributed by atoms with van der Waals surface area (Å²) in [4.78, 5) is 2.31. The molecule has 0 bridgehead atoms. The molecule has 0 aromatic carbocycles. The van der Waals surface area contributed by atoms with Crippen LogP contribution in [0.15, 0.2) is 12.3 Å². The number of fused-ring (bicyclic) bond motifs is 1. The Morgan fingerprint density at radius 3 is 3.12 bits per heavy atom. The molecule has 3 nitrogen and oxygen atoms in total. The molecule has 90 valence electrons. The number of hydrogen-bond donors (Lipinski definition) is 1. The maximum Gasteiger partial charge on any atom is 0.0807 e. The lowest BCUT2D eigenvalue weighted by Gasteiger charge is -2.21. The van der Waals surface area contributed by atoms with E-state index in [9.17, 15) is 5.11 Å². The third kappa shape index (κ3) is 2.30. The van der Waals surface area contributed by atoms with Crippen LogP contribution in [0.3, 0.4) is 0 Å². The zero-order valence-electron chi connectivity index (χ0n) is 10.3. The second-order valence-electron chi connectivity index (χ2n) is 4.72. The van der Waals surface area contributed by atoms with Crippen LogP contribution in [-0.4, -0.2) is 34.7 Å². The highest BCUT2D eigenvalue weighted by atomic mass is 16.3. The van der Waals surface area contributed by atoms with Crippen molar-refractivity contribution in [3.63, 3.8) is 0 Å². The van der Waals surface area contributed by atoms with Gasteiger partial charge in [-0.1, -0.05) is 6.92 Å². The van der Waals surface area contributed by atoms with Gasteiger partial charge in [-0.05, 0) is 38.9 Å². The van der Waals surface area contributed by atoms with Gasteiger partial charge in [0.1, 0.15) is 0 Å². The maximum atomic E-state index is 9.87. The van der Waals surface area contributed by atoms with Crippen LogP contribution in [0, 0.1) is 0 Å². The molecular formula is C13H22N2O. The van der Waals surface area contributed by atoms with E-state index in [0.717, 1.165) is 44.5 Å². The molecule has 0 saturated carbocycles. The summed E-state index contributed by atoms with van der Waals surface area (Å²) >= 11 is 0. The van der Waals surface area contributed by atoms with Gasteiger partial charge in [-0.25, -0.2) is 0 Å². The largest absolute Gasteiger partial charge is 0.388 e. The van der Waals surface area contributed by atoms with Crippen molar-refractivity contribution >= 4 is 0 Å². The van der Waals surface area contributed by atoms with E-state index in [1.807, 2.05) is 0 Å². The number of likely N-dealkylation sites (N-methyl/N-ethyl adjacent to an activating group) is 1. The molecule has 1 aliphatic carbocycles. The van der Waals surface area contributed by atoms with E-state index in [0.29, 0.717) is 0 Å². The van der Waals surface area contributed by atoms with E-state index < -0.39 is 0 Å². The predicted molar refractivity (Wildman–Crippen MR) is 65.5 cm³/mol. The van der Waals surface area contributed by atoms with Crippen LogP contribution in [0.1, 0.15) is 37.1 Å². The molecule has 0 spiro atoms. The Morgan fingerprint density at radius 2 is 2.38 bits per heavy atom. The fourth-order valence-electron chi connectivity index (χ4n) is 2.38. The minimum atomic E-state index is -0.228. The molecular weight excluding hydrogens is 200 g/mol. The third-order valence-corrected chi connectivity index (χ3v) is 3.63.